The standard InChI is InChI=1S/C17H19ClN2S/c1-17(2,3)11-7-4-5-9-13(11)20-14-10-6-8-12(18)15(14)16(19)21/h4-10,20H,1-3H3,(H2,19,21). The van der Waals surface area contributed by atoms with Crippen LogP contribution < -0.4 is 11.1 Å². The summed E-state index contributed by atoms with van der Waals surface area (Å²) in [4.78, 5) is 0.288. The molecule has 110 valence electrons. The van der Waals surface area contributed by atoms with E-state index in [2.05, 4.69) is 32.2 Å². The highest BCUT2D eigenvalue weighted by molar-refractivity contribution is 7.80. The lowest BCUT2D eigenvalue weighted by Gasteiger charge is -2.24. The average Bonchev–Trinajstić information content (AvgIpc) is 2.37. The molecule has 0 heterocycles. The third-order valence-electron chi connectivity index (χ3n) is 3.26. The van der Waals surface area contributed by atoms with Gasteiger partial charge in [-0.15, -0.1) is 0 Å². The Kier molecular flexibility index (Phi) is 4.55. The smallest absolute Gasteiger partial charge is 0.107 e. The first-order valence-electron chi connectivity index (χ1n) is 6.75. The maximum absolute atomic E-state index is 6.21. The van der Waals surface area contributed by atoms with Gasteiger partial charge in [-0.1, -0.05) is 68.9 Å². The molecule has 0 saturated heterocycles. The summed E-state index contributed by atoms with van der Waals surface area (Å²) in [5.41, 5.74) is 9.59. The molecule has 2 nitrogen and oxygen atoms in total. The van der Waals surface area contributed by atoms with Gasteiger partial charge in [-0.05, 0) is 29.2 Å². The maximum atomic E-state index is 6.21. The monoisotopic (exact) mass is 318 g/mol. The minimum Gasteiger partial charge on any atom is -0.389 e. The zero-order valence-electron chi connectivity index (χ0n) is 12.4. The van der Waals surface area contributed by atoms with Crippen molar-refractivity contribution in [1.29, 1.82) is 0 Å². The van der Waals surface area contributed by atoms with Crippen molar-refractivity contribution >= 4 is 40.2 Å². The van der Waals surface area contributed by atoms with Gasteiger partial charge in [0, 0.05) is 5.69 Å². The van der Waals surface area contributed by atoms with Crippen molar-refractivity contribution < 1.29 is 0 Å². The summed E-state index contributed by atoms with van der Waals surface area (Å²) in [5, 5.41) is 3.97. The van der Waals surface area contributed by atoms with Crippen LogP contribution in [0.5, 0.6) is 0 Å². The minimum atomic E-state index is 0.0333. The Labute approximate surface area is 136 Å². The van der Waals surface area contributed by atoms with Crippen LogP contribution in [0.15, 0.2) is 42.5 Å². The molecule has 0 aliphatic heterocycles. The Balaban J connectivity index is 2.50. The zero-order valence-corrected chi connectivity index (χ0v) is 14.0. The quantitative estimate of drug-likeness (QED) is 0.781. The van der Waals surface area contributed by atoms with Crippen LogP contribution >= 0.6 is 23.8 Å². The lowest BCUT2D eigenvalue weighted by molar-refractivity contribution is 0.592. The molecule has 4 heteroatoms. The Morgan fingerprint density at radius 3 is 2.29 bits per heavy atom. The van der Waals surface area contributed by atoms with E-state index in [4.69, 9.17) is 29.6 Å². The van der Waals surface area contributed by atoms with Crippen molar-refractivity contribution in [1.82, 2.24) is 0 Å². The van der Waals surface area contributed by atoms with Gasteiger partial charge in [0.2, 0.25) is 0 Å². The molecule has 0 aliphatic rings. The second-order valence-corrected chi connectivity index (χ2v) is 6.79. The topological polar surface area (TPSA) is 38.0 Å². The number of halogens is 1. The summed E-state index contributed by atoms with van der Waals surface area (Å²) < 4.78 is 0. The highest BCUT2D eigenvalue weighted by Gasteiger charge is 2.18. The molecule has 0 radical (unpaired) electrons. The van der Waals surface area contributed by atoms with Gasteiger partial charge >= 0.3 is 0 Å². The predicted molar refractivity (Wildman–Crippen MR) is 95.8 cm³/mol. The molecule has 0 aromatic heterocycles. The molecule has 0 unspecified atom stereocenters. The molecular weight excluding hydrogens is 300 g/mol. The normalized spacial score (nSPS) is 11.2. The fourth-order valence-electron chi connectivity index (χ4n) is 2.27. The number of hydrogen-bond donors (Lipinski definition) is 2. The van der Waals surface area contributed by atoms with Crippen LogP contribution in [0.1, 0.15) is 31.9 Å². The minimum absolute atomic E-state index is 0.0333. The molecule has 2 rings (SSSR count). The fraction of sp³-hybridized carbons (Fsp3) is 0.235. The van der Waals surface area contributed by atoms with Crippen LogP contribution in [0.25, 0.3) is 0 Å². The van der Waals surface area contributed by atoms with Crippen LogP contribution in [0.2, 0.25) is 5.02 Å². The number of anilines is 2. The van der Waals surface area contributed by atoms with E-state index in [0.717, 1.165) is 11.4 Å². The molecule has 3 N–H and O–H groups in total. The lowest BCUT2D eigenvalue weighted by atomic mass is 9.85. The highest BCUT2D eigenvalue weighted by Crippen LogP contribution is 2.33. The largest absolute Gasteiger partial charge is 0.389 e. The van der Waals surface area contributed by atoms with Gasteiger partial charge < -0.3 is 11.1 Å². The van der Waals surface area contributed by atoms with E-state index in [9.17, 15) is 0 Å². The first-order chi connectivity index (χ1) is 9.80. The van der Waals surface area contributed by atoms with E-state index in [1.54, 1.807) is 6.07 Å². The highest BCUT2D eigenvalue weighted by atomic mass is 35.5. The van der Waals surface area contributed by atoms with Gasteiger partial charge in [-0.25, -0.2) is 0 Å². The first-order valence-corrected chi connectivity index (χ1v) is 7.54. The summed E-state index contributed by atoms with van der Waals surface area (Å²) >= 11 is 11.3. The summed E-state index contributed by atoms with van der Waals surface area (Å²) in [5.74, 6) is 0. The third kappa shape index (κ3) is 3.55. The molecule has 0 spiro atoms. The number of rotatable bonds is 3. The molecule has 0 fully saturated rings. The maximum Gasteiger partial charge on any atom is 0.107 e. The predicted octanol–water partition coefficient (Wildman–Crippen LogP) is 5.02. The Morgan fingerprint density at radius 2 is 1.67 bits per heavy atom. The van der Waals surface area contributed by atoms with Crippen molar-refractivity contribution in [2.24, 2.45) is 5.73 Å². The SMILES string of the molecule is CC(C)(C)c1ccccc1Nc1cccc(Cl)c1C(N)=S. The fourth-order valence-corrected chi connectivity index (χ4v) is 2.82. The number of nitrogens with two attached hydrogens (primary N) is 1. The molecule has 0 atom stereocenters. The number of para-hydroxylation sites is 1. The number of nitrogens with one attached hydrogen (secondary N) is 1. The van der Waals surface area contributed by atoms with Crippen LogP contribution in [-0.2, 0) is 5.41 Å². The Hall–Kier alpha value is -1.58. The average molecular weight is 319 g/mol. The van der Waals surface area contributed by atoms with E-state index in [-0.39, 0.29) is 10.4 Å². The molecular formula is C17H19ClN2S. The van der Waals surface area contributed by atoms with Crippen molar-refractivity contribution in [2.45, 2.75) is 26.2 Å². The summed E-state index contributed by atoms with van der Waals surface area (Å²) in [6, 6.07) is 13.8. The molecule has 0 aliphatic carbocycles. The lowest BCUT2D eigenvalue weighted by Crippen LogP contribution is -2.16. The summed E-state index contributed by atoms with van der Waals surface area (Å²) in [6.07, 6.45) is 0. The van der Waals surface area contributed by atoms with E-state index >= 15 is 0 Å². The molecule has 0 amide bonds. The second kappa shape index (κ2) is 6.04. The molecule has 0 saturated carbocycles. The van der Waals surface area contributed by atoms with Crippen LogP contribution in [0.3, 0.4) is 0 Å². The molecule has 2 aromatic carbocycles. The first kappa shape index (κ1) is 15.8. The molecule has 21 heavy (non-hydrogen) atoms. The van der Waals surface area contributed by atoms with Crippen molar-refractivity contribution in [3.63, 3.8) is 0 Å². The molecule has 2 aromatic rings. The van der Waals surface area contributed by atoms with Crippen molar-refractivity contribution in [3.8, 4) is 0 Å². The van der Waals surface area contributed by atoms with E-state index in [1.165, 1.54) is 5.56 Å². The van der Waals surface area contributed by atoms with Crippen LogP contribution in [-0.4, -0.2) is 4.99 Å². The molecule has 0 bridgehead atoms. The van der Waals surface area contributed by atoms with Gasteiger partial charge in [-0.2, -0.15) is 0 Å². The van der Waals surface area contributed by atoms with Gasteiger partial charge in [0.05, 0.1) is 16.3 Å². The van der Waals surface area contributed by atoms with E-state index in [1.807, 2.05) is 30.3 Å². The van der Waals surface area contributed by atoms with E-state index < -0.39 is 0 Å². The van der Waals surface area contributed by atoms with Gasteiger partial charge in [0.1, 0.15) is 4.99 Å². The zero-order chi connectivity index (χ0) is 15.6. The van der Waals surface area contributed by atoms with Crippen LogP contribution in [0.4, 0.5) is 11.4 Å². The van der Waals surface area contributed by atoms with Gasteiger partial charge in [0.15, 0.2) is 0 Å². The Morgan fingerprint density at radius 1 is 1.05 bits per heavy atom. The van der Waals surface area contributed by atoms with E-state index in [0.29, 0.717) is 10.6 Å². The number of thiocarbonyl (C=S) groups is 1. The van der Waals surface area contributed by atoms with Gasteiger partial charge in [-0.3, -0.25) is 0 Å². The van der Waals surface area contributed by atoms with Crippen molar-refractivity contribution in [3.05, 3.63) is 58.6 Å². The van der Waals surface area contributed by atoms with Gasteiger partial charge in [0.25, 0.3) is 0 Å². The van der Waals surface area contributed by atoms with Crippen molar-refractivity contribution in [2.75, 3.05) is 5.32 Å². The summed E-state index contributed by atoms with van der Waals surface area (Å²) in [6.45, 7) is 6.54. The Bertz CT molecular complexity index is 675. The summed E-state index contributed by atoms with van der Waals surface area (Å²) in [7, 11) is 0. The van der Waals surface area contributed by atoms with Crippen LogP contribution in [0, 0.1) is 0 Å². The number of hydrogen-bond acceptors (Lipinski definition) is 2. The number of benzene rings is 2. The third-order valence-corrected chi connectivity index (χ3v) is 3.78. The second-order valence-electron chi connectivity index (χ2n) is 5.95.